The second kappa shape index (κ2) is 16.6. The highest BCUT2D eigenvalue weighted by Gasteiger charge is 1.97. The summed E-state index contributed by atoms with van der Waals surface area (Å²) in [7, 11) is -0.285. The molecule has 1 rings (SSSR count). The van der Waals surface area contributed by atoms with Gasteiger partial charge in [0.15, 0.2) is 0 Å². The van der Waals surface area contributed by atoms with E-state index >= 15 is 0 Å². The Kier molecular flexibility index (Phi) is 14.7. The molecule has 0 aromatic heterocycles. The van der Waals surface area contributed by atoms with E-state index in [9.17, 15) is 4.57 Å². The maximum absolute atomic E-state index is 10.4. The average Bonchev–Trinajstić information content (AvgIpc) is 2.63. The Labute approximate surface area is 157 Å². The Hall–Kier alpha value is -0.880. The molecular formula is C22H37O2P. The Morgan fingerprint density at radius 1 is 0.680 bits per heavy atom. The second-order valence-corrected chi connectivity index (χ2v) is 7.49. The Morgan fingerprint density at radius 3 is 1.56 bits per heavy atom. The molecule has 0 aliphatic rings. The van der Waals surface area contributed by atoms with Gasteiger partial charge in [-0.3, -0.25) is 0 Å². The smallest absolute Gasteiger partial charge is 0.395 e. The van der Waals surface area contributed by atoms with Crippen molar-refractivity contribution in [3.63, 3.8) is 0 Å². The van der Waals surface area contributed by atoms with Gasteiger partial charge < -0.3 is 4.52 Å². The van der Waals surface area contributed by atoms with E-state index in [0.717, 1.165) is 6.42 Å². The maximum Gasteiger partial charge on any atom is 0.395 e. The second-order valence-electron chi connectivity index (χ2n) is 7.16. The molecule has 0 N–H and O–H groups in total. The average molecular weight is 365 g/mol. The summed E-state index contributed by atoms with van der Waals surface area (Å²) >= 11 is 0. The summed E-state index contributed by atoms with van der Waals surface area (Å²) in [6.45, 7) is 2.28. The lowest BCUT2D eigenvalue weighted by Crippen LogP contribution is -1.87. The molecule has 0 saturated carbocycles. The molecule has 0 atom stereocenters. The molecule has 0 heterocycles. The SMILES string of the molecule is CCCCCCCCCCCCCCCCc1ccc(OP=O)cc1. The van der Waals surface area contributed by atoms with Crippen LogP contribution in [0, 0.1) is 0 Å². The molecule has 3 heteroatoms. The molecule has 142 valence electrons. The van der Waals surface area contributed by atoms with Gasteiger partial charge in [-0.25, -0.2) is 4.57 Å². The van der Waals surface area contributed by atoms with Gasteiger partial charge in [0, 0.05) is 0 Å². The summed E-state index contributed by atoms with van der Waals surface area (Å²) in [6, 6.07) is 7.93. The van der Waals surface area contributed by atoms with E-state index in [0.29, 0.717) is 5.75 Å². The molecule has 0 radical (unpaired) electrons. The number of rotatable bonds is 17. The van der Waals surface area contributed by atoms with Crippen LogP contribution in [0.15, 0.2) is 24.3 Å². The summed E-state index contributed by atoms with van der Waals surface area (Å²) in [5.41, 5.74) is 1.34. The van der Waals surface area contributed by atoms with Gasteiger partial charge in [0.05, 0.1) is 0 Å². The normalized spacial score (nSPS) is 11.1. The van der Waals surface area contributed by atoms with Crippen LogP contribution in [0.4, 0.5) is 0 Å². The van der Waals surface area contributed by atoms with Crippen LogP contribution in [0.25, 0.3) is 0 Å². The molecule has 0 bridgehead atoms. The van der Waals surface area contributed by atoms with E-state index in [-0.39, 0.29) is 8.69 Å². The van der Waals surface area contributed by atoms with E-state index in [2.05, 4.69) is 19.1 Å². The van der Waals surface area contributed by atoms with Crippen molar-refractivity contribution in [3.8, 4) is 5.75 Å². The monoisotopic (exact) mass is 364 g/mol. The third kappa shape index (κ3) is 13.0. The first kappa shape index (κ1) is 22.2. The van der Waals surface area contributed by atoms with Gasteiger partial charge >= 0.3 is 8.69 Å². The molecule has 0 amide bonds. The van der Waals surface area contributed by atoms with Gasteiger partial charge in [-0.05, 0) is 30.5 Å². The van der Waals surface area contributed by atoms with Crippen molar-refractivity contribution in [1.82, 2.24) is 0 Å². The van der Waals surface area contributed by atoms with Crippen LogP contribution in [0.5, 0.6) is 5.75 Å². The zero-order valence-electron chi connectivity index (χ0n) is 16.2. The van der Waals surface area contributed by atoms with Gasteiger partial charge in [-0.1, -0.05) is 103 Å². The van der Waals surface area contributed by atoms with Gasteiger partial charge in [0.2, 0.25) is 0 Å². The van der Waals surface area contributed by atoms with Crippen molar-refractivity contribution in [2.75, 3.05) is 0 Å². The van der Waals surface area contributed by atoms with Crippen LogP contribution in [0.2, 0.25) is 0 Å². The first-order valence-corrected chi connectivity index (χ1v) is 11.2. The number of benzene rings is 1. The van der Waals surface area contributed by atoms with E-state index in [4.69, 9.17) is 4.52 Å². The zero-order valence-corrected chi connectivity index (χ0v) is 17.1. The maximum atomic E-state index is 10.4. The molecule has 2 nitrogen and oxygen atoms in total. The van der Waals surface area contributed by atoms with Crippen LogP contribution >= 0.6 is 8.69 Å². The lowest BCUT2D eigenvalue weighted by atomic mass is 10.0. The fourth-order valence-corrected chi connectivity index (χ4v) is 3.49. The van der Waals surface area contributed by atoms with Crippen LogP contribution in [-0.2, 0) is 11.0 Å². The minimum absolute atomic E-state index is 0.285. The highest BCUT2D eigenvalue weighted by Crippen LogP contribution is 2.18. The third-order valence-electron chi connectivity index (χ3n) is 4.89. The third-order valence-corrected chi connectivity index (χ3v) is 5.17. The van der Waals surface area contributed by atoms with E-state index in [1.54, 1.807) is 0 Å². The summed E-state index contributed by atoms with van der Waals surface area (Å²) < 4.78 is 15.3. The molecule has 0 aliphatic heterocycles. The molecular weight excluding hydrogens is 327 g/mol. The van der Waals surface area contributed by atoms with Crippen LogP contribution in [0.1, 0.15) is 102 Å². The lowest BCUT2D eigenvalue weighted by Gasteiger charge is -2.04. The standard InChI is InChI=1S/C22H37O2P/c1-2-3-4-5-6-7-8-9-10-11-12-13-14-15-16-21-17-19-22(20-18-21)24-25-23/h17-20H,2-16H2,1H3. The molecule has 0 fully saturated rings. The van der Waals surface area contributed by atoms with Gasteiger partial charge in [0.1, 0.15) is 5.75 Å². The number of hydrogen-bond acceptors (Lipinski definition) is 2. The predicted octanol–water partition coefficient (Wildman–Crippen LogP) is 8.30. The summed E-state index contributed by atoms with van der Waals surface area (Å²) in [4.78, 5) is 0. The number of unbranched alkanes of at least 4 members (excludes halogenated alkanes) is 13. The Bertz CT molecular complexity index is 417. The van der Waals surface area contributed by atoms with E-state index in [1.807, 2.05) is 12.1 Å². The minimum Gasteiger partial charge on any atom is -0.408 e. The Morgan fingerprint density at radius 2 is 1.12 bits per heavy atom. The van der Waals surface area contributed by atoms with Crippen LogP contribution in [0.3, 0.4) is 0 Å². The van der Waals surface area contributed by atoms with Crippen molar-refractivity contribution in [1.29, 1.82) is 0 Å². The van der Waals surface area contributed by atoms with Crippen LogP contribution < -0.4 is 4.52 Å². The molecule has 25 heavy (non-hydrogen) atoms. The van der Waals surface area contributed by atoms with Crippen molar-refractivity contribution >= 4 is 8.69 Å². The van der Waals surface area contributed by atoms with Crippen molar-refractivity contribution in [2.45, 2.75) is 103 Å². The summed E-state index contributed by atoms with van der Waals surface area (Å²) in [5.74, 6) is 0.668. The summed E-state index contributed by atoms with van der Waals surface area (Å²) in [5, 5.41) is 0. The summed E-state index contributed by atoms with van der Waals surface area (Å²) in [6.07, 6.45) is 20.7. The van der Waals surface area contributed by atoms with Crippen LogP contribution in [-0.4, -0.2) is 0 Å². The molecule has 1 aromatic carbocycles. The highest BCUT2D eigenvalue weighted by molar-refractivity contribution is 7.17. The van der Waals surface area contributed by atoms with Crippen molar-refractivity contribution < 1.29 is 9.09 Å². The molecule has 0 spiro atoms. The van der Waals surface area contributed by atoms with E-state index < -0.39 is 0 Å². The largest absolute Gasteiger partial charge is 0.408 e. The fourth-order valence-electron chi connectivity index (χ4n) is 3.28. The number of aryl methyl sites for hydroxylation is 1. The molecule has 0 aliphatic carbocycles. The predicted molar refractivity (Wildman–Crippen MR) is 109 cm³/mol. The zero-order chi connectivity index (χ0) is 18.0. The lowest BCUT2D eigenvalue weighted by molar-refractivity contribution is 0.525. The minimum atomic E-state index is -0.285. The highest BCUT2D eigenvalue weighted by atomic mass is 31.1. The molecule has 0 unspecified atom stereocenters. The van der Waals surface area contributed by atoms with Crippen molar-refractivity contribution in [2.24, 2.45) is 0 Å². The Balaban J connectivity index is 1.83. The first-order chi connectivity index (χ1) is 12.4. The quantitative estimate of drug-likeness (QED) is 0.205. The number of hydrogen-bond donors (Lipinski definition) is 0. The molecule has 0 saturated heterocycles. The topological polar surface area (TPSA) is 26.3 Å². The van der Waals surface area contributed by atoms with E-state index in [1.165, 1.54) is 95.5 Å². The molecule has 1 aromatic rings. The van der Waals surface area contributed by atoms with Gasteiger partial charge in [-0.2, -0.15) is 0 Å². The van der Waals surface area contributed by atoms with Gasteiger partial charge in [0.25, 0.3) is 0 Å². The first-order valence-electron chi connectivity index (χ1n) is 10.5. The van der Waals surface area contributed by atoms with Gasteiger partial charge in [-0.15, -0.1) is 0 Å². The van der Waals surface area contributed by atoms with Crippen molar-refractivity contribution in [3.05, 3.63) is 29.8 Å². The fraction of sp³-hybridized carbons (Fsp3) is 0.727.